The molecule has 0 N–H and O–H groups in total. The largest absolute Gasteiger partial charge is 0.466 e. The number of carbonyl (C=O) groups is 1. The van der Waals surface area contributed by atoms with Gasteiger partial charge in [-0.15, -0.1) is 0 Å². The third-order valence-corrected chi connectivity index (χ3v) is 9.68. The van der Waals surface area contributed by atoms with Crippen LogP contribution in [0.4, 0.5) is 4.39 Å². The number of hydrogen-bond donors (Lipinski definition) is 0. The molecule has 0 amide bonds. The minimum Gasteiger partial charge on any atom is -0.466 e. The number of hydrogen-bond acceptors (Lipinski definition) is 6. The first-order chi connectivity index (χ1) is 19.3. The summed E-state index contributed by atoms with van der Waals surface area (Å²) in [5.74, 6) is 2.03. The number of nitrogens with zero attached hydrogens (tertiary/aromatic N) is 3. The molecular weight excluding hydrogens is 505 g/mol. The van der Waals surface area contributed by atoms with Crippen LogP contribution < -0.4 is 0 Å². The smallest absolute Gasteiger partial charge is 0.311 e. The molecule has 1 spiro atoms. The number of rotatable bonds is 7. The summed E-state index contributed by atoms with van der Waals surface area (Å²) in [5.41, 5.74) is 6.22. The van der Waals surface area contributed by atoms with Crippen molar-refractivity contribution in [2.24, 2.45) is 10.6 Å². The number of piperidine rings is 1. The predicted octanol–water partition coefficient (Wildman–Crippen LogP) is 6.20. The van der Waals surface area contributed by atoms with E-state index in [1.54, 1.807) is 12.1 Å². The van der Waals surface area contributed by atoms with E-state index in [4.69, 9.17) is 9.57 Å². The summed E-state index contributed by atoms with van der Waals surface area (Å²) in [6, 6.07) is 12.0. The quantitative estimate of drug-likeness (QED) is 0.388. The molecule has 3 heterocycles. The number of oxime groups is 1. The molecule has 2 aliphatic carbocycles. The van der Waals surface area contributed by atoms with E-state index in [2.05, 4.69) is 27.1 Å². The van der Waals surface area contributed by atoms with Crippen molar-refractivity contribution in [2.45, 2.75) is 82.8 Å². The van der Waals surface area contributed by atoms with E-state index in [9.17, 15) is 9.18 Å². The van der Waals surface area contributed by atoms with Crippen molar-refractivity contribution >= 4 is 11.8 Å². The van der Waals surface area contributed by atoms with E-state index in [1.807, 2.05) is 26.0 Å². The van der Waals surface area contributed by atoms with Crippen LogP contribution in [0.5, 0.6) is 0 Å². The molecule has 3 aliphatic heterocycles. The Bertz CT molecular complexity index is 1280. The molecule has 2 aromatic rings. The summed E-state index contributed by atoms with van der Waals surface area (Å²) in [5, 5.41) is 4.52. The Kier molecular flexibility index (Phi) is 6.41. The van der Waals surface area contributed by atoms with Crippen LogP contribution in [0.3, 0.4) is 0 Å². The highest BCUT2D eigenvalue weighted by molar-refractivity contribution is 5.85. The lowest BCUT2D eigenvalue weighted by Gasteiger charge is -2.46. The molecule has 212 valence electrons. The van der Waals surface area contributed by atoms with Gasteiger partial charge in [-0.3, -0.25) is 9.69 Å². The molecule has 7 rings (SSSR count). The van der Waals surface area contributed by atoms with Crippen LogP contribution in [0, 0.1) is 11.2 Å². The van der Waals surface area contributed by atoms with Gasteiger partial charge >= 0.3 is 5.97 Å². The van der Waals surface area contributed by atoms with E-state index < -0.39 is 5.41 Å². The lowest BCUT2D eigenvalue weighted by Crippen LogP contribution is -2.61. The zero-order valence-electron chi connectivity index (χ0n) is 23.8. The van der Waals surface area contributed by atoms with Gasteiger partial charge in [-0.25, -0.2) is 4.39 Å². The number of esters is 1. The molecule has 4 fully saturated rings. The van der Waals surface area contributed by atoms with Crippen LogP contribution >= 0.6 is 0 Å². The highest BCUT2D eigenvalue weighted by Gasteiger charge is 2.51. The van der Waals surface area contributed by atoms with Gasteiger partial charge in [0.25, 0.3) is 0 Å². The molecule has 40 heavy (non-hydrogen) atoms. The first-order valence-electron chi connectivity index (χ1n) is 15.2. The number of likely N-dealkylation sites (tertiary alicyclic amines) is 2. The summed E-state index contributed by atoms with van der Waals surface area (Å²) in [6.45, 7) is 8.62. The fourth-order valence-electron chi connectivity index (χ4n) is 6.97. The van der Waals surface area contributed by atoms with Crippen molar-refractivity contribution in [3.8, 4) is 11.1 Å². The molecule has 0 aromatic heterocycles. The third-order valence-electron chi connectivity index (χ3n) is 9.68. The number of amidine groups is 1. The molecule has 2 aromatic carbocycles. The summed E-state index contributed by atoms with van der Waals surface area (Å²) in [4.78, 5) is 23.2. The van der Waals surface area contributed by atoms with E-state index in [1.165, 1.54) is 47.9 Å². The van der Waals surface area contributed by atoms with E-state index in [-0.39, 0.29) is 17.4 Å². The molecule has 0 bridgehead atoms. The standard InChI is InChI=1S/C33H40FN3O3/c1-3-39-31(38)32(2)12-14-37(15-13-32)29-18-33(40-35-29)20-36(21-33)19-22-16-27(23-4-5-23)30(28(17-22)24-6-7-24)25-8-10-26(34)11-9-25/h8-11,16-17,23-24H,3-7,12-15,18-21H2,1-2H3. The van der Waals surface area contributed by atoms with Crippen LogP contribution in [0.2, 0.25) is 0 Å². The maximum absolute atomic E-state index is 13.7. The zero-order chi connectivity index (χ0) is 27.5. The second-order valence-corrected chi connectivity index (χ2v) is 13.1. The molecule has 6 nitrogen and oxygen atoms in total. The van der Waals surface area contributed by atoms with Gasteiger partial charge < -0.3 is 14.5 Å². The van der Waals surface area contributed by atoms with Crippen molar-refractivity contribution in [1.29, 1.82) is 0 Å². The fourth-order valence-corrected chi connectivity index (χ4v) is 6.97. The van der Waals surface area contributed by atoms with Gasteiger partial charge in [-0.2, -0.15) is 0 Å². The Morgan fingerprint density at radius 1 is 1.05 bits per heavy atom. The minimum absolute atomic E-state index is 0.0780. The first-order valence-corrected chi connectivity index (χ1v) is 15.2. The summed E-state index contributed by atoms with van der Waals surface area (Å²) >= 11 is 0. The zero-order valence-corrected chi connectivity index (χ0v) is 23.8. The van der Waals surface area contributed by atoms with E-state index in [0.717, 1.165) is 63.4 Å². The Labute approximate surface area is 236 Å². The van der Waals surface area contributed by atoms with Crippen molar-refractivity contribution < 1.29 is 18.8 Å². The van der Waals surface area contributed by atoms with Gasteiger partial charge in [-0.1, -0.05) is 29.4 Å². The average Bonchev–Trinajstić information content (AvgIpc) is 3.87. The molecule has 0 unspecified atom stereocenters. The third kappa shape index (κ3) is 4.91. The Morgan fingerprint density at radius 3 is 2.25 bits per heavy atom. The van der Waals surface area contributed by atoms with Crippen LogP contribution in [0.1, 0.15) is 87.3 Å². The summed E-state index contributed by atoms with van der Waals surface area (Å²) < 4.78 is 19.0. The molecular formula is C33H40FN3O3. The van der Waals surface area contributed by atoms with Crippen LogP contribution in [0.25, 0.3) is 11.1 Å². The van der Waals surface area contributed by atoms with Crippen molar-refractivity contribution in [3.05, 3.63) is 58.9 Å². The Balaban J connectivity index is 1.00. The van der Waals surface area contributed by atoms with E-state index >= 15 is 0 Å². The number of halogens is 1. The summed E-state index contributed by atoms with van der Waals surface area (Å²) in [6.07, 6.45) is 7.39. The van der Waals surface area contributed by atoms with Gasteiger partial charge in [0.1, 0.15) is 11.7 Å². The van der Waals surface area contributed by atoms with E-state index in [0.29, 0.717) is 18.4 Å². The van der Waals surface area contributed by atoms with Gasteiger partial charge in [0, 0.05) is 32.7 Å². The summed E-state index contributed by atoms with van der Waals surface area (Å²) in [7, 11) is 0. The minimum atomic E-state index is -0.400. The molecule has 7 heteroatoms. The van der Waals surface area contributed by atoms with Gasteiger partial charge in [-0.05, 0) is 104 Å². The predicted molar refractivity (Wildman–Crippen MR) is 152 cm³/mol. The van der Waals surface area contributed by atoms with Crippen LogP contribution in [0.15, 0.2) is 41.6 Å². The SMILES string of the molecule is CCOC(=O)C1(C)CCN(C2=NOC3(C2)CN(Cc2cc(C4CC4)c(-c4ccc(F)cc4)c(C4CC4)c2)C3)CC1. The lowest BCUT2D eigenvalue weighted by molar-refractivity contribution is -0.156. The maximum atomic E-state index is 13.7. The molecule has 2 saturated heterocycles. The topological polar surface area (TPSA) is 54.4 Å². The highest BCUT2D eigenvalue weighted by Crippen LogP contribution is 2.51. The van der Waals surface area contributed by atoms with Gasteiger partial charge in [0.15, 0.2) is 5.60 Å². The molecule has 0 radical (unpaired) electrons. The van der Waals surface area contributed by atoms with Gasteiger partial charge in [0.2, 0.25) is 0 Å². The van der Waals surface area contributed by atoms with Crippen LogP contribution in [-0.2, 0) is 20.9 Å². The van der Waals surface area contributed by atoms with Crippen molar-refractivity contribution in [2.75, 3.05) is 32.8 Å². The molecule has 2 saturated carbocycles. The normalized spacial score (nSPS) is 23.5. The van der Waals surface area contributed by atoms with Gasteiger partial charge in [0.05, 0.1) is 18.4 Å². The second kappa shape index (κ2) is 9.86. The first kappa shape index (κ1) is 26.0. The lowest BCUT2D eigenvalue weighted by atomic mass is 9.80. The Hall–Kier alpha value is -2.93. The number of carbonyl (C=O) groups excluding carboxylic acids is 1. The van der Waals surface area contributed by atoms with Crippen molar-refractivity contribution in [3.63, 3.8) is 0 Å². The molecule has 5 aliphatic rings. The highest BCUT2D eigenvalue weighted by atomic mass is 19.1. The average molecular weight is 546 g/mol. The Morgan fingerprint density at radius 2 is 1.68 bits per heavy atom. The molecule has 0 atom stereocenters. The fraction of sp³-hybridized carbons (Fsp3) is 0.576. The maximum Gasteiger partial charge on any atom is 0.311 e. The number of benzene rings is 2. The van der Waals surface area contributed by atoms with Crippen LogP contribution in [-0.4, -0.2) is 60.0 Å². The second-order valence-electron chi connectivity index (χ2n) is 13.1. The number of ether oxygens (including phenoxy) is 1. The van der Waals surface area contributed by atoms with Crippen molar-refractivity contribution in [1.82, 2.24) is 9.80 Å². The monoisotopic (exact) mass is 545 g/mol.